The summed E-state index contributed by atoms with van der Waals surface area (Å²) in [7, 11) is 1.74. The average Bonchev–Trinajstić information content (AvgIpc) is 3.38. The number of tetrazole rings is 1. The number of fused-ring (bicyclic) bond motifs is 1. The Labute approximate surface area is 213 Å². The molecule has 3 atom stereocenters. The van der Waals surface area contributed by atoms with Crippen LogP contribution in [0.15, 0.2) is 48.5 Å². The molecule has 0 bridgehead atoms. The normalized spacial score (nSPS) is 20.1. The average molecular weight is 499 g/mol. The van der Waals surface area contributed by atoms with E-state index in [-0.39, 0.29) is 23.8 Å². The third-order valence-electron chi connectivity index (χ3n) is 7.55. The van der Waals surface area contributed by atoms with E-state index in [1.165, 1.54) is 10.9 Å². The molecule has 0 saturated heterocycles. The van der Waals surface area contributed by atoms with E-state index < -0.39 is 5.97 Å². The largest absolute Gasteiger partial charge is 0.486 e. The Morgan fingerprint density at radius 3 is 2.46 bits per heavy atom. The van der Waals surface area contributed by atoms with Crippen LogP contribution in [0.25, 0.3) is 22.5 Å². The van der Waals surface area contributed by atoms with Gasteiger partial charge in [-0.15, -0.1) is 10.2 Å². The predicted molar refractivity (Wildman–Crippen MR) is 136 cm³/mol. The van der Waals surface area contributed by atoms with E-state index in [4.69, 9.17) is 4.74 Å². The molecule has 37 heavy (non-hydrogen) atoms. The minimum absolute atomic E-state index is 0.0707. The number of aromatic nitrogens is 4. The molecule has 0 spiro atoms. The van der Waals surface area contributed by atoms with Gasteiger partial charge in [-0.25, -0.2) is 4.39 Å². The van der Waals surface area contributed by atoms with E-state index in [9.17, 15) is 9.90 Å². The van der Waals surface area contributed by atoms with Gasteiger partial charge in [-0.3, -0.25) is 4.79 Å². The van der Waals surface area contributed by atoms with Gasteiger partial charge in [0.1, 0.15) is 17.7 Å². The molecule has 0 amide bonds. The molecule has 6 rings (SSSR count). The molecule has 188 valence electrons. The maximum atomic E-state index is 15.2. The summed E-state index contributed by atoms with van der Waals surface area (Å²) in [6.45, 7) is 4.11. The van der Waals surface area contributed by atoms with E-state index in [1.54, 1.807) is 7.05 Å². The van der Waals surface area contributed by atoms with Crippen LogP contribution in [0.2, 0.25) is 0 Å². The van der Waals surface area contributed by atoms with Gasteiger partial charge in [0.25, 0.3) is 0 Å². The van der Waals surface area contributed by atoms with Crippen LogP contribution in [-0.2, 0) is 18.3 Å². The summed E-state index contributed by atoms with van der Waals surface area (Å²) in [6, 6.07) is 15.1. The van der Waals surface area contributed by atoms with E-state index in [0.29, 0.717) is 30.0 Å². The van der Waals surface area contributed by atoms with Gasteiger partial charge in [-0.1, -0.05) is 18.2 Å². The minimum Gasteiger partial charge on any atom is -0.486 e. The van der Waals surface area contributed by atoms with Gasteiger partial charge in [-0.2, -0.15) is 4.80 Å². The highest BCUT2D eigenvalue weighted by Gasteiger charge is 2.44. The molecular weight excluding hydrogens is 471 g/mol. The SMILES string of the molecule is Cc1cc(-c2nnn(C)n2)cc(C)c1-c1ccc(F)c2c1CCC2Oc1ccc([C@H]2C[C@@H]2C(=O)O)cc1. The second-order valence-electron chi connectivity index (χ2n) is 10.1. The molecule has 0 aliphatic heterocycles. The van der Waals surface area contributed by atoms with Crippen LogP contribution in [0.3, 0.4) is 0 Å². The molecule has 7 nitrogen and oxygen atoms in total. The molecule has 8 heteroatoms. The summed E-state index contributed by atoms with van der Waals surface area (Å²) in [5, 5.41) is 21.6. The van der Waals surface area contributed by atoms with Gasteiger partial charge in [0, 0.05) is 11.1 Å². The van der Waals surface area contributed by atoms with Crippen molar-refractivity contribution in [2.45, 2.75) is 45.1 Å². The molecule has 1 aromatic heterocycles. The lowest BCUT2D eigenvalue weighted by Crippen LogP contribution is -2.06. The zero-order valence-electron chi connectivity index (χ0n) is 20.9. The van der Waals surface area contributed by atoms with Crippen molar-refractivity contribution in [3.63, 3.8) is 0 Å². The first-order valence-electron chi connectivity index (χ1n) is 12.5. The van der Waals surface area contributed by atoms with Gasteiger partial charge >= 0.3 is 5.97 Å². The smallest absolute Gasteiger partial charge is 0.307 e. The Kier molecular flexibility index (Phi) is 5.55. The molecular formula is C29H27FN4O3. The molecule has 1 fully saturated rings. The monoisotopic (exact) mass is 498 g/mol. The van der Waals surface area contributed by atoms with Crippen molar-refractivity contribution < 1.29 is 19.0 Å². The van der Waals surface area contributed by atoms with Gasteiger partial charge in [0.2, 0.25) is 5.82 Å². The van der Waals surface area contributed by atoms with E-state index >= 15 is 4.39 Å². The van der Waals surface area contributed by atoms with Crippen LogP contribution in [-0.4, -0.2) is 31.3 Å². The lowest BCUT2D eigenvalue weighted by atomic mass is 9.89. The molecule has 1 heterocycles. The van der Waals surface area contributed by atoms with Crippen molar-refractivity contribution in [2.24, 2.45) is 13.0 Å². The third-order valence-corrected chi connectivity index (χ3v) is 7.55. The summed E-state index contributed by atoms with van der Waals surface area (Å²) in [6.07, 6.45) is 1.71. The van der Waals surface area contributed by atoms with Crippen molar-refractivity contribution in [3.8, 4) is 28.3 Å². The number of carbonyl (C=O) groups is 1. The van der Waals surface area contributed by atoms with Gasteiger partial charge < -0.3 is 9.84 Å². The van der Waals surface area contributed by atoms with Crippen LogP contribution in [0.5, 0.6) is 5.75 Å². The van der Waals surface area contributed by atoms with Crippen molar-refractivity contribution in [1.29, 1.82) is 0 Å². The zero-order chi connectivity index (χ0) is 25.8. The summed E-state index contributed by atoms with van der Waals surface area (Å²) in [4.78, 5) is 12.6. The molecule has 2 aliphatic rings. The first kappa shape index (κ1) is 23.3. The lowest BCUT2D eigenvalue weighted by molar-refractivity contribution is -0.138. The number of ether oxygens (including phenoxy) is 1. The summed E-state index contributed by atoms with van der Waals surface area (Å²) >= 11 is 0. The lowest BCUT2D eigenvalue weighted by Gasteiger charge is -2.19. The Balaban J connectivity index is 1.29. The van der Waals surface area contributed by atoms with Crippen molar-refractivity contribution in [2.75, 3.05) is 0 Å². The maximum Gasteiger partial charge on any atom is 0.307 e. The standard InChI is InChI=1S/C29H27FN4O3/c1-15-12-18(28-31-33-34(3)32-28)13-16(2)26(15)20-8-10-24(30)27-21(20)9-11-25(27)37-19-6-4-17(5-7-19)22-14-23(22)29(35)36/h4-8,10,12-13,22-23,25H,9,11,14H2,1-3H3,(H,35,36)/t22-,23+,25?/m1/s1. The van der Waals surface area contributed by atoms with Crippen LogP contribution in [0.1, 0.15) is 52.7 Å². The Morgan fingerprint density at radius 1 is 1.11 bits per heavy atom. The first-order valence-corrected chi connectivity index (χ1v) is 12.5. The number of rotatable bonds is 6. The summed E-state index contributed by atoms with van der Waals surface area (Å²) in [5.41, 5.74) is 7.76. The van der Waals surface area contributed by atoms with Gasteiger partial charge in [-0.05, 0) is 108 Å². The van der Waals surface area contributed by atoms with Crippen LogP contribution >= 0.6 is 0 Å². The van der Waals surface area contributed by atoms with E-state index in [2.05, 4.69) is 29.3 Å². The number of hydrogen-bond acceptors (Lipinski definition) is 5. The highest BCUT2D eigenvalue weighted by atomic mass is 19.1. The van der Waals surface area contributed by atoms with Crippen molar-refractivity contribution >= 4 is 5.97 Å². The van der Waals surface area contributed by atoms with Crippen LogP contribution < -0.4 is 4.74 Å². The topological polar surface area (TPSA) is 90.1 Å². The maximum absolute atomic E-state index is 15.2. The number of carboxylic acids is 1. The first-order chi connectivity index (χ1) is 17.8. The molecule has 2 aliphatic carbocycles. The molecule has 4 aromatic rings. The fraction of sp³-hybridized carbons (Fsp3) is 0.310. The number of aryl methyl sites for hydroxylation is 3. The Hall–Kier alpha value is -4.07. The minimum atomic E-state index is -0.746. The number of halogens is 1. The van der Waals surface area contributed by atoms with E-state index in [0.717, 1.165) is 45.4 Å². The highest BCUT2D eigenvalue weighted by Crippen LogP contribution is 2.48. The number of nitrogens with zero attached hydrogens (tertiary/aromatic N) is 4. The summed E-state index contributed by atoms with van der Waals surface area (Å²) < 4.78 is 21.4. The number of benzene rings is 3. The zero-order valence-corrected chi connectivity index (χ0v) is 20.9. The number of aliphatic carboxylic acids is 1. The summed E-state index contributed by atoms with van der Waals surface area (Å²) in [5.74, 6) is 0.0112. The molecule has 1 saturated carbocycles. The van der Waals surface area contributed by atoms with Crippen LogP contribution in [0, 0.1) is 25.6 Å². The predicted octanol–water partition coefficient (Wildman–Crippen LogP) is 5.55. The molecule has 1 N–H and O–H groups in total. The fourth-order valence-electron chi connectivity index (χ4n) is 5.74. The van der Waals surface area contributed by atoms with Crippen molar-refractivity contribution in [3.05, 3.63) is 82.2 Å². The van der Waals surface area contributed by atoms with Crippen molar-refractivity contribution in [1.82, 2.24) is 20.2 Å². The van der Waals surface area contributed by atoms with Gasteiger partial charge in [0.15, 0.2) is 0 Å². The second-order valence-corrected chi connectivity index (χ2v) is 10.1. The fourth-order valence-corrected chi connectivity index (χ4v) is 5.74. The van der Waals surface area contributed by atoms with Gasteiger partial charge in [0.05, 0.1) is 13.0 Å². The third kappa shape index (κ3) is 4.16. The molecule has 1 unspecified atom stereocenters. The second kappa shape index (κ2) is 8.80. The quantitative estimate of drug-likeness (QED) is 0.375. The Bertz CT molecular complexity index is 1510. The number of carboxylic acid groups (broad SMARTS) is 1. The molecule has 0 radical (unpaired) electrons. The molecule has 3 aromatic carbocycles. The Morgan fingerprint density at radius 2 is 1.84 bits per heavy atom. The number of hydrogen-bond donors (Lipinski definition) is 1. The highest BCUT2D eigenvalue weighted by molar-refractivity contribution is 5.78. The van der Waals surface area contributed by atoms with Crippen LogP contribution in [0.4, 0.5) is 4.39 Å². The van der Waals surface area contributed by atoms with E-state index in [1.807, 2.05) is 42.5 Å².